The highest BCUT2D eigenvalue weighted by Crippen LogP contribution is 2.31. The third-order valence-electron chi connectivity index (χ3n) is 4.18. The molecular formula is C15H20O2. The summed E-state index contributed by atoms with van der Waals surface area (Å²) >= 11 is 0. The Morgan fingerprint density at radius 3 is 3.06 bits per heavy atom. The molecule has 2 nitrogen and oxygen atoms in total. The summed E-state index contributed by atoms with van der Waals surface area (Å²) in [7, 11) is 0. The summed E-state index contributed by atoms with van der Waals surface area (Å²) in [5, 5.41) is 9.80. The van der Waals surface area contributed by atoms with Gasteiger partial charge in [-0.1, -0.05) is 18.6 Å². The van der Waals surface area contributed by atoms with Crippen LogP contribution in [-0.4, -0.2) is 17.8 Å². The van der Waals surface area contributed by atoms with Crippen LogP contribution in [-0.2, 0) is 12.8 Å². The van der Waals surface area contributed by atoms with Crippen molar-refractivity contribution in [2.75, 3.05) is 6.61 Å². The fourth-order valence-electron chi connectivity index (χ4n) is 3.10. The molecule has 2 heteroatoms. The van der Waals surface area contributed by atoms with E-state index in [1.807, 2.05) is 0 Å². The van der Waals surface area contributed by atoms with E-state index >= 15 is 0 Å². The largest absolute Gasteiger partial charge is 0.493 e. The predicted octanol–water partition coefficient (Wildman–Crippen LogP) is 2.72. The lowest BCUT2D eigenvalue weighted by Crippen LogP contribution is -2.13. The van der Waals surface area contributed by atoms with Crippen LogP contribution in [0.4, 0.5) is 0 Å². The normalized spacial score (nSPS) is 26.9. The van der Waals surface area contributed by atoms with Crippen LogP contribution in [0.5, 0.6) is 5.75 Å². The zero-order valence-electron chi connectivity index (χ0n) is 10.2. The second-order valence-corrected chi connectivity index (χ2v) is 5.34. The van der Waals surface area contributed by atoms with Gasteiger partial charge in [0.25, 0.3) is 0 Å². The van der Waals surface area contributed by atoms with Crippen molar-refractivity contribution in [2.45, 2.75) is 44.6 Å². The first-order valence-electron chi connectivity index (χ1n) is 6.75. The van der Waals surface area contributed by atoms with E-state index in [9.17, 15) is 5.11 Å². The number of aryl methyl sites for hydroxylation is 1. The van der Waals surface area contributed by atoms with Gasteiger partial charge in [-0.25, -0.2) is 0 Å². The highest BCUT2D eigenvalue weighted by Gasteiger charge is 2.24. The summed E-state index contributed by atoms with van der Waals surface area (Å²) in [4.78, 5) is 0. The molecular weight excluding hydrogens is 212 g/mol. The van der Waals surface area contributed by atoms with Gasteiger partial charge in [-0.2, -0.15) is 0 Å². The molecule has 0 saturated heterocycles. The maximum atomic E-state index is 9.80. The molecule has 3 rings (SSSR count). The van der Waals surface area contributed by atoms with Crippen LogP contribution < -0.4 is 4.74 Å². The number of ether oxygens (including phenoxy) is 1. The van der Waals surface area contributed by atoms with Crippen molar-refractivity contribution in [1.29, 1.82) is 0 Å². The molecule has 1 aliphatic carbocycles. The lowest BCUT2D eigenvalue weighted by atomic mass is 9.95. The molecule has 1 saturated carbocycles. The topological polar surface area (TPSA) is 29.5 Å². The van der Waals surface area contributed by atoms with Gasteiger partial charge in [-0.05, 0) is 48.8 Å². The highest BCUT2D eigenvalue weighted by atomic mass is 16.5. The van der Waals surface area contributed by atoms with E-state index in [2.05, 4.69) is 18.2 Å². The van der Waals surface area contributed by atoms with Crippen molar-refractivity contribution in [3.63, 3.8) is 0 Å². The van der Waals surface area contributed by atoms with E-state index < -0.39 is 0 Å². The summed E-state index contributed by atoms with van der Waals surface area (Å²) in [6.45, 7) is 0.833. The second-order valence-electron chi connectivity index (χ2n) is 5.34. The Morgan fingerprint density at radius 1 is 1.29 bits per heavy atom. The molecule has 0 radical (unpaired) electrons. The molecule has 0 amide bonds. The van der Waals surface area contributed by atoms with Crippen LogP contribution in [0.15, 0.2) is 18.2 Å². The van der Waals surface area contributed by atoms with E-state index in [-0.39, 0.29) is 6.10 Å². The van der Waals surface area contributed by atoms with E-state index in [1.165, 1.54) is 24.0 Å². The zero-order chi connectivity index (χ0) is 11.7. The summed E-state index contributed by atoms with van der Waals surface area (Å²) in [6, 6.07) is 6.55. The Labute approximate surface area is 103 Å². The Hall–Kier alpha value is -1.02. The highest BCUT2D eigenvalue weighted by molar-refractivity contribution is 5.39. The molecule has 2 atom stereocenters. The first-order chi connectivity index (χ1) is 8.33. The predicted molar refractivity (Wildman–Crippen MR) is 67.3 cm³/mol. The molecule has 2 aliphatic rings. The van der Waals surface area contributed by atoms with E-state index in [0.29, 0.717) is 5.92 Å². The Balaban J connectivity index is 1.61. The number of benzene rings is 1. The molecule has 2 unspecified atom stereocenters. The Bertz CT molecular complexity index is 400. The Morgan fingerprint density at radius 2 is 2.24 bits per heavy atom. The number of aliphatic hydroxyl groups excluding tert-OH is 1. The molecule has 92 valence electrons. The first kappa shape index (κ1) is 11.1. The SMILES string of the molecule is OC1CCCC1CCc1ccc2c(c1)CCO2. The number of fused-ring (bicyclic) bond motifs is 1. The number of aliphatic hydroxyl groups is 1. The number of hydrogen-bond acceptors (Lipinski definition) is 2. The van der Waals surface area contributed by atoms with Gasteiger partial charge in [0.15, 0.2) is 0 Å². The van der Waals surface area contributed by atoms with Crippen molar-refractivity contribution in [2.24, 2.45) is 5.92 Å². The summed E-state index contributed by atoms with van der Waals surface area (Å²) in [6.07, 6.45) is 6.63. The molecule has 1 aromatic carbocycles. The van der Waals surface area contributed by atoms with Gasteiger partial charge in [0, 0.05) is 6.42 Å². The third kappa shape index (κ3) is 2.32. The van der Waals surface area contributed by atoms with Crippen LogP contribution in [0.25, 0.3) is 0 Å². The van der Waals surface area contributed by atoms with E-state index in [0.717, 1.165) is 38.0 Å². The lowest BCUT2D eigenvalue weighted by molar-refractivity contribution is 0.128. The fraction of sp³-hybridized carbons (Fsp3) is 0.600. The van der Waals surface area contributed by atoms with Crippen LogP contribution >= 0.6 is 0 Å². The summed E-state index contributed by atoms with van der Waals surface area (Å²) in [5.41, 5.74) is 2.75. The molecule has 1 fully saturated rings. The molecule has 1 aliphatic heterocycles. The van der Waals surface area contributed by atoms with Gasteiger partial charge in [0.1, 0.15) is 5.75 Å². The van der Waals surface area contributed by atoms with Gasteiger partial charge in [-0.3, -0.25) is 0 Å². The quantitative estimate of drug-likeness (QED) is 0.868. The maximum absolute atomic E-state index is 9.80. The Kier molecular flexibility index (Phi) is 3.06. The molecule has 0 aromatic heterocycles. The minimum absolute atomic E-state index is 0.0484. The first-order valence-corrected chi connectivity index (χ1v) is 6.75. The van der Waals surface area contributed by atoms with Crippen molar-refractivity contribution in [1.82, 2.24) is 0 Å². The summed E-state index contributed by atoms with van der Waals surface area (Å²) < 4.78 is 5.51. The minimum Gasteiger partial charge on any atom is -0.493 e. The van der Waals surface area contributed by atoms with E-state index in [1.54, 1.807) is 0 Å². The van der Waals surface area contributed by atoms with Crippen molar-refractivity contribution >= 4 is 0 Å². The van der Waals surface area contributed by atoms with Crippen LogP contribution in [0.2, 0.25) is 0 Å². The smallest absolute Gasteiger partial charge is 0.122 e. The van der Waals surface area contributed by atoms with Gasteiger partial charge >= 0.3 is 0 Å². The molecule has 1 heterocycles. The van der Waals surface area contributed by atoms with Gasteiger partial charge in [0.05, 0.1) is 12.7 Å². The fourth-order valence-corrected chi connectivity index (χ4v) is 3.10. The molecule has 1 N–H and O–H groups in total. The molecule has 0 bridgehead atoms. The van der Waals surface area contributed by atoms with E-state index in [4.69, 9.17) is 4.74 Å². The van der Waals surface area contributed by atoms with Gasteiger partial charge in [-0.15, -0.1) is 0 Å². The standard InChI is InChI=1S/C15H20O2/c16-14-3-1-2-12(14)6-4-11-5-7-15-13(10-11)8-9-17-15/h5,7,10,12,14,16H,1-4,6,8-9H2. The molecule has 1 aromatic rings. The average molecular weight is 232 g/mol. The van der Waals surface area contributed by atoms with Gasteiger partial charge in [0.2, 0.25) is 0 Å². The zero-order valence-corrected chi connectivity index (χ0v) is 10.2. The van der Waals surface area contributed by atoms with Gasteiger partial charge < -0.3 is 9.84 Å². The average Bonchev–Trinajstić information content (AvgIpc) is 2.94. The van der Waals surface area contributed by atoms with Crippen molar-refractivity contribution in [3.8, 4) is 5.75 Å². The molecule has 0 spiro atoms. The number of rotatable bonds is 3. The maximum Gasteiger partial charge on any atom is 0.122 e. The summed E-state index contributed by atoms with van der Waals surface area (Å²) in [5.74, 6) is 1.59. The van der Waals surface area contributed by atoms with Crippen molar-refractivity contribution < 1.29 is 9.84 Å². The second kappa shape index (κ2) is 4.69. The number of hydrogen-bond donors (Lipinski definition) is 1. The third-order valence-corrected chi connectivity index (χ3v) is 4.18. The minimum atomic E-state index is -0.0484. The van der Waals surface area contributed by atoms with Crippen LogP contribution in [0.3, 0.4) is 0 Å². The monoisotopic (exact) mass is 232 g/mol. The molecule has 17 heavy (non-hydrogen) atoms. The van der Waals surface area contributed by atoms with Crippen LogP contribution in [0.1, 0.15) is 36.8 Å². The lowest BCUT2D eigenvalue weighted by Gasteiger charge is -2.14. The van der Waals surface area contributed by atoms with Crippen molar-refractivity contribution in [3.05, 3.63) is 29.3 Å². The van der Waals surface area contributed by atoms with Crippen LogP contribution in [0, 0.1) is 5.92 Å².